The molecule has 0 amide bonds. The van der Waals surface area contributed by atoms with Crippen molar-refractivity contribution in [1.29, 1.82) is 0 Å². The summed E-state index contributed by atoms with van der Waals surface area (Å²) < 4.78 is 31.0. The van der Waals surface area contributed by atoms with Gasteiger partial charge in [0.15, 0.2) is 0 Å². The zero-order chi connectivity index (χ0) is 13.9. The Labute approximate surface area is 114 Å². The topological polar surface area (TPSA) is 81.4 Å². The summed E-state index contributed by atoms with van der Waals surface area (Å²) in [6, 6.07) is 5.02. The largest absolute Gasteiger partial charge is 0.488 e. The number of nitrogens with one attached hydrogen (secondary N) is 1. The van der Waals surface area contributed by atoms with Gasteiger partial charge in [-0.3, -0.25) is 4.72 Å². The molecule has 0 aliphatic heterocycles. The van der Waals surface area contributed by atoms with Crippen molar-refractivity contribution in [2.45, 2.75) is 38.2 Å². The van der Waals surface area contributed by atoms with E-state index in [1.807, 2.05) is 0 Å². The Morgan fingerprint density at radius 2 is 1.95 bits per heavy atom. The minimum Gasteiger partial charge on any atom is -0.488 e. The normalized spacial score (nSPS) is 17.1. The first-order chi connectivity index (χ1) is 8.94. The van der Waals surface area contributed by atoms with Gasteiger partial charge >= 0.3 is 0 Å². The highest BCUT2D eigenvalue weighted by Gasteiger charge is 2.17. The van der Waals surface area contributed by atoms with Crippen molar-refractivity contribution >= 4 is 21.4 Å². The van der Waals surface area contributed by atoms with E-state index in [2.05, 4.69) is 4.72 Å². The lowest BCUT2D eigenvalue weighted by molar-refractivity contribution is 0.156. The summed E-state index contributed by atoms with van der Waals surface area (Å²) in [5.74, 6) is 0.548. The summed E-state index contributed by atoms with van der Waals surface area (Å²) in [6.07, 6.45) is 6.88. The molecule has 0 atom stereocenters. The first-order valence-corrected chi connectivity index (χ1v) is 8.37. The molecule has 2 rings (SSSR count). The molecular formula is C13H20N2O3S. The Balaban J connectivity index is 2.18. The molecule has 19 heavy (non-hydrogen) atoms. The number of hydrogen-bond donors (Lipinski definition) is 2. The highest BCUT2D eigenvalue weighted by atomic mass is 32.2. The van der Waals surface area contributed by atoms with Gasteiger partial charge in [0.2, 0.25) is 10.0 Å². The summed E-state index contributed by atoms with van der Waals surface area (Å²) in [5.41, 5.74) is 6.60. The lowest BCUT2D eigenvalue weighted by Gasteiger charge is -2.24. The lowest BCUT2D eigenvalue weighted by atomic mass is 9.98. The van der Waals surface area contributed by atoms with Crippen LogP contribution in [0.25, 0.3) is 0 Å². The smallest absolute Gasteiger partial charge is 0.229 e. The maximum atomic E-state index is 11.3. The molecular weight excluding hydrogens is 264 g/mol. The van der Waals surface area contributed by atoms with Gasteiger partial charge < -0.3 is 10.5 Å². The summed E-state index contributed by atoms with van der Waals surface area (Å²) in [4.78, 5) is 0. The molecule has 0 bridgehead atoms. The molecule has 1 aromatic carbocycles. The van der Waals surface area contributed by atoms with Gasteiger partial charge in [-0.2, -0.15) is 0 Å². The third-order valence-corrected chi connectivity index (χ3v) is 3.74. The van der Waals surface area contributed by atoms with Crippen LogP contribution in [0.5, 0.6) is 5.75 Å². The van der Waals surface area contributed by atoms with Crippen molar-refractivity contribution in [2.75, 3.05) is 16.7 Å². The molecule has 0 unspecified atom stereocenters. The van der Waals surface area contributed by atoms with Crippen LogP contribution >= 0.6 is 0 Å². The van der Waals surface area contributed by atoms with Crippen LogP contribution in [-0.2, 0) is 10.0 Å². The molecule has 0 saturated heterocycles. The van der Waals surface area contributed by atoms with Gasteiger partial charge in [-0.15, -0.1) is 0 Å². The molecule has 0 spiro atoms. The average Bonchev–Trinajstić information content (AvgIpc) is 2.32. The van der Waals surface area contributed by atoms with Crippen LogP contribution in [0.2, 0.25) is 0 Å². The van der Waals surface area contributed by atoms with Gasteiger partial charge in [0, 0.05) is 5.69 Å². The fourth-order valence-corrected chi connectivity index (χ4v) is 2.85. The molecule has 0 radical (unpaired) electrons. The predicted octanol–water partition coefficient (Wildman–Crippen LogP) is 2.35. The lowest BCUT2D eigenvalue weighted by Crippen LogP contribution is -2.21. The van der Waals surface area contributed by atoms with Crippen LogP contribution in [0, 0.1) is 0 Å². The van der Waals surface area contributed by atoms with Crippen LogP contribution in [0.3, 0.4) is 0 Å². The Bertz CT molecular complexity index is 537. The van der Waals surface area contributed by atoms with Gasteiger partial charge in [-0.25, -0.2) is 8.42 Å². The molecule has 0 aromatic heterocycles. The van der Waals surface area contributed by atoms with E-state index in [4.69, 9.17) is 10.5 Å². The molecule has 1 aromatic rings. The number of ether oxygens (including phenoxy) is 1. The molecule has 1 fully saturated rings. The molecule has 5 nitrogen and oxygen atoms in total. The number of benzene rings is 1. The summed E-state index contributed by atoms with van der Waals surface area (Å²) >= 11 is 0. The van der Waals surface area contributed by atoms with Gasteiger partial charge in [-0.1, -0.05) is 6.42 Å². The second kappa shape index (κ2) is 5.69. The fourth-order valence-electron chi connectivity index (χ4n) is 2.29. The molecule has 1 aliphatic rings. The SMILES string of the molecule is CS(=O)(=O)Nc1cc(N)ccc1OC1CCCCC1. The third kappa shape index (κ3) is 4.31. The van der Waals surface area contributed by atoms with E-state index in [-0.39, 0.29) is 6.10 Å². The van der Waals surface area contributed by atoms with Gasteiger partial charge in [0.25, 0.3) is 0 Å². The van der Waals surface area contributed by atoms with Crippen LogP contribution in [0.1, 0.15) is 32.1 Å². The second-order valence-corrected chi connectivity index (χ2v) is 6.76. The third-order valence-electron chi connectivity index (χ3n) is 3.14. The molecule has 0 heterocycles. The van der Waals surface area contributed by atoms with Crippen molar-refractivity contribution in [1.82, 2.24) is 0 Å². The van der Waals surface area contributed by atoms with Crippen molar-refractivity contribution in [3.63, 3.8) is 0 Å². The first kappa shape index (κ1) is 14.0. The van der Waals surface area contributed by atoms with E-state index in [0.717, 1.165) is 31.9 Å². The van der Waals surface area contributed by atoms with E-state index >= 15 is 0 Å². The quantitative estimate of drug-likeness (QED) is 0.832. The number of nitrogen functional groups attached to an aromatic ring is 1. The van der Waals surface area contributed by atoms with Crippen molar-refractivity contribution in [2.24, 2.45) is 0 Å². The van der Waals surface area contributed by atoms with Crippen molar-refractivity contribution in [3.8, 4) is 5.75 Å². The Hall–Kier alpha value is -1.43. The van der Waals surface area contributed by atoms with Crippen LogP contribution in [-0.4, -0.2) is 20.8 Å². The standard InChI is InChI=1S/C13H20N2O3S/c1-19(16,17)15-12-9-10(14)7-8-13(12)18-11-5-3-2-4-6-11/h7-9,11,15H,2-6,14H2,1H3. The Morgan fingerprint density at radius 1 is 1.26 bits per heavy atom. The minimum atomic E-state index is -3.34. The average molecular weight is 284 g/mol. The van der Waals surface area contributed by atoms with E-state index < -0.39 is 10.0 Å². The van der Waals surface area contributed by atoms with Gasteiger partial charge in [0.05, 0.1) is 18.0 Å². The zero-order valence-corrected chi connectivity index (χ0v) is 11.9. The Kier molecular flexibility index (Phi) is 4.19. The molecule has 106 valence electrons. The van der Waals surface area contributed by atoms with E-state index in [0.29, 0.717) is 17.1 Å². The van der Waals surface area contributed by atoms with Crippen LogP contribution in [0.15, 0.2) is 18.2 Å². The number of hydrogen-bond acceptors (Lipinski definition) is 4. The summed E-state index contributed by atoms with van der Waals surface area (Å²) in [6.45, 7) is 0. The second-order valence-electron chi connectivity index (χ2n) is 5.01. The predicted molar refractivity (Wildman–Crippen MR) is 76.8 cm³/mol. The number of anilines is 2. The minimum absolute atomic E-state index is 0.164. The maximum absolute atomic E-state index is 11.3. The number of sulfonamides is 1. The van der Waals surface area contributed by atoms with Crippen molar-refractivity contribution < 1.29 is 13.2 Å². The Morgan fingerprint density at radius 3 is 2.58 bits per heavy atom. The molecule has 1 aliphatic carbocycles. The first-order valence-electron chi connectivity index (χ1n) is 6.48. The highest BCUT2D eigenvalue weighted by Crippen LogP contribution is 2.31. The molecule has 3 N–H and O–H groups in total. The summed E-state index contributed by atoms with van der Waals surface area (Å²) in [5, 5.41) is 0. The molecule has 1 saturated carbocycles. The van der Waals surface area contributed by atoms with Gasteiger partial charge in [0.1, 0.15) is 5.75 Å². The van der Waals surface area contributed by atoms with E-state index in [9.17, 15) is 8.42 Å². The van der Waals surface area contributed by atoms with Crippen LogP contribution in [0.4, 0.5) is 11.4 Å². The number of rotatable bonds is 4. The monoisotopic (exact) mass is 284 g/mol. The van der Waals surface area contributed by atoms with E-state index in [1.165, 1.54) is 6.42 Å². The number of nitrogens with two attached hydrogens (primary N) is 1. The molecule has 6 heteroatoms. The zero-order valence-electron chi connectivity index (χ0n) is 11.1. The van der Waals surface area contributed by atoms with Gasteiger partial charge in [-0.05, 0) is 43.9 Å². The van der Waals surface area contributed by atoms with Crippen LogP contribution < -0.4 is 15.2 Å². The van der Waals surface area contributed by atoms with Crippen molar-refractivity contribution in [3.05, 3.63) is 18.2 Å². The summed E-state index contributed by atoms with van der Waals surface area (Å²) in [7, 11) is -3.34. The highest BCUT2D eigenvalue weighted by molar-refractivity contribution is 7.92. The fraction of sp³-hybridized carbons (Fsp3) is 0.538. The van der Waals surface area contributed by atoms with E-state index in [1.54, 1.807) is 18.2 Å². The maximum Gasteiger partial charge on any atom is 0.229 e.